The summed E-state index contributed by atoms with van der Waals surface area (Å²) in [6, 6.07) is 9.97. The predicted octanol–water partition coefficient (Wildman–Crippen LogP) is 1.88. The van der Waals surface area contributed by atoms with E-state index in [1.807, 2.05) is 5.09 Å². The van der Waals surface area contributed by atoms with Crippen molar-refractivity contribution >= 4 is 13.4 Å². The summed E-state index contributed by atoms with van der Waals surface area (Å²) >= 11 is 0. The van der Waals surface area contributed by atoms with Crippen LogP contribution in [0.1, 0.15) is 17.2 Å². The van der Waals surface area contributed by atoms with Crippen molar-refractivity contribution < 1.29 is 29.7 Å². The van der Waals surface area contributed by atoms with Crippen LogP contribution in [0, 0.1) is 0 Å². The fourth-order valence-electron chi connectivity index (χ4n) is 2.05. The normalized spacial score (nSPS) is 12.9. The average molecular weight is 325 g/mol. The fourth-order valence-corrected chi connectivity index (χ4v) is 2.57. The van der Waals surface area contributed by atoms with Crippen LogP contribution >= 0.6 is 7.75 Å². The lowest BCUT2D eigenvalue weighted by molar-refractivity contribution is 0.179. The molecule has 0 aliphatic rings. The van der Waals surface area contributed by atoms with Gasteiger partial charge in [-0.15, -0.1) is 0 Å². The van der Waals surface area contributed by atoms with Gasteiger partial charge in [-0.25, -0.2) is 4.57 Å². The van der Waals surface area contributed by atoms with Crippen molar-refractivity contribution in [1.82, 2.24) is 0 Å². The van der Waals surface area contributed by atoms with Crippen LogP contribution in [0.4, 0.5) is 5.69 Å². The summed E-state index contributed by atoms with van der Waals surface area (Å²) < 4.78 is 11.1. The van der Waals surface area contributed by atoms with Crippen molar-refractivity contribution in [1.29, 1.82) is 0 Å². The Bertz CT molecular complexity index is 697. The molecule has 1 unspecified atom stereocenters. The monoisotopic (exact) mass is 325 g/mol. The summed E-state index contributed by atoms with van der Waals surface area (Å²) in [6.45, 7) is 0. The van der Waals surface area contributed by atoms with Gasteiger partial charge in [-0.3, -0.25) is 5.09 Å². The Morgan fingerprint density at radius 2 is 1.59 bits per heavy atom. The number of phenols is 2. The van der Waals surface area contributed by atoms with Gasteiger partial charge in [-0.1, -0.05) is 12.1 Å². The molecule has 118 valence electrons. The molecule has 6 N–H and O–H groups in total. The van der Waals surface area contributed by atoms with Gasteiger partial charge in [-0.05, 0) is 35.9 Å². The minimum Gasteiger partial charge on any atom is -0.508 e. The highest BCUT2D eigenvalue weighted by Crippen LogP contribution is 2.39. The van der Waals surface area contributed by atoms with E-state index in [0.29, 0.717) is 0 Å². The van der Waals surface area contributed by atoms with Gasteiger partial charge in [0.2, 0.25) is 0 Å². The Kier molecular flexibility index (Phi) is 4.73. The summed E-state index contributed by atoms with van der Waals surface area (Å²) in [6.07, 6.45) is -0.940. The minimum atomic E-state index is -4.53. The highest BCUT2D eigenvalue weighted by Gasteiger charge is 2.19. The standard InChI is InChI=1S/C14H16NO6P/c16-10-3-1-9(2-4-10)7-14(18)12-8-11(17)5-6-13(12)15-22(19,20)21/h1-6,8,14,16-18H,7H2,(H3,15,19,20,21). The van der Waals surface area contributed by atoms with Crippen LogP contribution in [0.25, 0.3) is 0 Å². The van der Waals surface area contributed by atoms with Crippen molar-refractivity contribution in [2.45, 2.75) is 12.5 Å². The highest BCUT2D eigenvalue weighted by atomic mass is 31.2. The molecule has 0 aliphatic carbocycles. The molecule has 0 aliphatic heterocycles. The van der Waals surface area contributed by atoms with Gasteiger partial charge in [-0.2, -0.15) is 0 Å². The number of hydrogen-bond donors (Lipinski definition) is 6. The number of anilines is 1. The fraction of sp³-hybridized carbons (Fsp3) is 0.143. The largest absolute Gasteiger partial charge is 0.508 e. The summed E-state index contributed by atoms with van der Waals surface area (Å²) in [5.41, 5.74) is 0.921. The third-order valence-corrected chi connectivity index (χ3v) is 3.56. The van der Waals surface area contributed by atoms with Gasteiger partial charge < -0.3 is 25.1 Å². The Morgan fingerprint density at radius 3 is 2.18 bits per heavy atom. The molecular formula is C14H16NO6P. The van der Waals surface area contributed by atoms with Gasteiger partial charge in [0.15, 0.2) is 0 Å². The van der Waals surface area contributed by atoms with E-state index in [2.05, 4.69) is 0 Å². The van der Waals surface area contributed by atoms with E-state index in [4.69, 9.17) is 9.79 Å². The first-order valence-electron chi connectivity index (χ1n) is 6.37. The van der Waals surface area contributed by atoms with Crippen LogP contribution in [0.5, 0.6) is 11.5 Å². The summed E-state index contributed by atoms with van der Waals surface area (Å²) in [5.74, 6) is -0.0320. The second-order valence-corrected chi connectivity index (χ2v) is 6.13. The lowest BCUT2D eigenvalue weighted by Gasteiger charge is -2.18. The number of aliphatic hydroxyl groups excluding tert-OH is 1. The van der Waals surface area contributed by atoms with Crippen LogP contribution in [0.15, 0.2) is 42.5 Å². The Hall–Kier alpha value is -2.05. The van der Waals surface area contributed by atoms with E-state index in [0.717, 1.165) is 5.56 Å². The number of benzene rings is 2. The van der Waals surface area contributed by atoms with E-state index in [-0.39, 0.29) is 29.2 Å². The molecule has 0 aromatic heterocycles. The maximum Gasteiger partial charge on any atom is 0.427 e. The van der Waals surface area contributed by atoms with E-state index in [9.17, 15) is 19.9 Å². The van der Waals surface area contributed by atoms with Crippen LogP contribution < -0.4 is 5.09 Å². The molecule has 0 heterocycles. The zero-order valence-corrected chi connectivity index (χ0v) is 12.3. The Morgan fingerprint density at radius 1 is 1.00 bits per heavy atom. The van der Waals surface area contributed by atoms with Gasteiger partial charge in [0.25, 0.3) is 0 Å². The molecule has 0 radical (unpaired) electrons. The summed E-state index contributed by atoms with van der Waals surface area (Å²) in [5, 5.41) is 31.0. The smallest absolute Gasteiger partial charge is 0.427 e. The maximum atomic E-state index is 11.1. The molecule has 8 heteroatoms. The molecule has 1 atom stereocenters. The zero-order chi connectivity index (χ0) is 16.3. The first kappa shape index (κ1) is 16.3. The van der Waals surface area contributed by atoms with Crippen LogP contribution in [0.2, 0.25) is 0 Å². The molecule has 2 aromatic rings. The molecule has 2 aromatic carbocycles. The van der Waals surface area contributed by atoms with Gasteiger partial charge in [0.1, 0.15) is 11.5 Å². The zero-order valence-electron chi connectivity index (χ0n) is 11.4. The number of aromatic hydroxyl groups is 2. The molecule has 0 spiro atoms. The van der Waals surface area contributed by atoms with Crippen LogP contribution in [-0.4, -0.2) is 25.1 Å². The number of rotatable bonds is 5. The number of phenolic OH excluding ortho intramolecular Hbond substituents is 2. The Labute approximate surface area is 126 Å². The lowest BCUT2D eigenvalue weighted by atomic mass is 10.00. The van der Waals surface area contributed by atoms with E-state index in [1.165, 1.54) is 30.3 Å². The molecule has 0 amide bonds. The predicted molar refractivity (Wildman–Crippen MR) is 80.5 cm³/mol. The number of nitrogens with one attached hydrogen (secondary N) is 1. The summed E-state index contributed by atoms with van der Waals surface area (Å²) in [4.78, 5) is 18.0. The quantitative estimate of drug-likeness (QED) is 0.365. The van der Waals surface area contributed by atoms with Crippen molar-refractivity contribution in [2.75, 3.05) is 5.09 Å². The molecular weight excluding hydrogens is 309 g/mol. The van der Waals surface area contributed by atoms with Crippen molar-refractivity contribution in [2.24, 2.45) is 0 Å². The highest BCUT2D eigenvalue weighted by molar-refractivity contribution is 7.53. The maximum absolute atomic E-state index is 11.1. The SMILES string of the molecule is O=P(O)(O)Nc1ccc(O)cc1C(O)Cc1ccc(O)cc1. The molecule has 0 saturated heterocycles. The topological polar surface area (TPSA) is 130 Å². The van der Waals surface area contributed by atoms with Gasteiger partial charge in [0.05, 0.1) is 6.10 Å². The second kappa shape index (κ2) is 6.37. The van der Waals surface area contributed by atoms with E-state index < -0.39 is 13.9 Å². The van der Waals surface area contributed by atoms with Gasteiger partial charge >= 0.3 is 7.75 Å². The Balaban J connectivity index is 2.27. The van der Waals surface area contributed by atoms with Crippen molar-refractivity contribution in [3.05, 3.63) is 53.6 Å². The van der Waals surface area contributed by atoms with E-state index in [1.54, 1.807) is 12.1 Å². The van der Waals surface area contributed by atoms with Crippen LogP contribution in [-0.2, 0) is 11.0 Å². The lowest BCUT2D eigenvalue weighted by Crippen LogP contribution is -2.06. The first-order chi connectivity index (χ1) is 10.2. The molecule has 0 saturated carbocycles. The summed E-state index contributed by atoms with van der Waals surface area (Å²) in [7, 11) is -4.53. The molecule has 0 bridgehead atoms. The molecule has 0 fully saturated rings. The molecule has 22 heavy (non-hydrogen) atoms. The first-order valence-corrected chi connectivity index (χ1v) is 7.98. The second-order valence-electron chi connectivity index (χ2n) is 4.81. The average Bonchev–Trinajstić information content (AvgIpc) is 2.42. The molecule has 2 rings (SSSR count). The van der Waals surface area contributed by atoms with Crippen molar-refractivity contribution in [3.63, 3.8) is 0 Å². The minimum absolute atomic E-state index is 0.0393. The number of aliphatic hydroxyl groups is 1. The van der Waals surface area contributed by atoms with Crippen LogP contribution in [0.3, 0.4) is 0 Å². The van der Waals surface area contributed by atoms with Crippen molar-refractivity contribution in [3.8, 4) is 11.5 Å². The van der Waals surface area contributed by atoms with Gasteiger partial charge in [0, 0.05) is 17.7 Å². The third kappa shape index (κ3) is 4.47. The number of hydrogen-bond acceptors (Lipinski definition) is 4. The third-order valence-electron chi connectivity index (χ3n) is 3.03. The molecule has 7 nitrogen and oxygen atoms in total. The van der Waals surface area contributed by atoms with E-state index >= 15 is 0 Å².